The summed E-state index contributed by atoms with van der Waals surface area (Å²) in [6.07, 6.45) is 5.65. The maximum Gasteiger partial charge on any atom is 0.328 e. The van der Waals surface area contributed by atoms with Crippen LogP contribution in [0.5, 0.6) is 0 Å². The Kier molecular flexibility index (Phi) is 2.72. The minimum Gasteiger partial charge on any atom is -0.480 e. The quantitative estimate of drug-likeness (QED) is 0.660. The van der Waals surface area contributed by atoms with Gasteiger partial charge in [0, 0.05) is 0 Å². The lowest BCUT2D eigenvalue weighted by atomic mass is 9.78. The molecule has 0 aromatic carbocycles. The van der Waals surface area contributed by atoms with Crippen LogP contribution in [-0.2, 0) is 4.79 Å². The molecule has 0 saturated carbocycles. The van der Waals surface area contributed by atoms with Crippen molar-refractivity contribution in [3.63, 3.8) is 0 Å². The van der Waals surface area contributed by atoms with Gasteiger partial charge in [-0.15, -0.1) is 0 Å². The molecule has 0 unspecified atom stereocenters. The predicted molar refractivity (Wildman–Crippen MR) is 47.9 cm³/mol. The summed E-state index contributed by atoms with van der Waals surface area (Å²) in [4.78, 5) is 10.9. The number of allylic oxidation sites excluding steroid dienone is 1. The van der Waals surface area contributed by atoms with Crippen LogP contribution in [0.1, 0.15) is 32.6 Å². The van der Waals surface area contributed by atoms with Gasteiger partial charge in [-0.05, 0) is 38.2 Å². The van der Waals surface area contributed by atoms with Gasteiger partial charge in [-0.2, -0.15) is 5.26 Å². The van der Waals surface area contributed by atoms with Crippen LogP contribution in [0.3, 0.4) is 0 Å². The van der Waals surface area contributed by atoms with E-state index in [1.807, 2.05) is 12.1 Å². The van der Waals surface area contributed by atoms with Crippen LogP contribution in [0, 0.1) is 16.7 Å². The van der Waals surface area contributed by atoms with Crippen LogP contribution in [0.4, 0.5) is 0 Å². The Hall–Kier alpha value is -1.30. The standard InChI is InChI=1S/C10H13NO2/c1-10(7-11,9(12)13)8-5-3-2-4-6-8/h5H,2-4,6H2,1H3,(H,12,13)/t10-/m0/s1. The molecular weight excluding hydrogens is 166 g/mol. The van der Waals surface area contributed by atoms with Crippen molar-refractivity contribution in [3.8, 4) is 6.07 Å². The molecule has 3 nitrogen and oxygen atoms in total. The van der Waals surface area contributed by atoms with Gasteiger partial charge in [-0.3, -0.25) is 4.79 Å². The molecule has 0 bridgehead atoms. The Morgan fingerprint density at radius 2 is 2.38 bits per heavy atom. The molecular formula is C10H13NO2. The number of hydrogen-bond donors (Lipinski definition) is 1. The molecule has 3 heteroatoms. The van der Waals surface area contributed by atoms with Crippen molar-refractivity contribution in [3.05, 3.63) is 11.6 Å². The minimum absolute atomic E-state index is 0.746. The van der Waals surface area contributed by atoms with Crippen LogP contribution in [0.25, 0.3) is 0 Å². The molecule has 13 heavy (non-hydrogen) atoms. The fourth-order valence-electron chi connectivity index (χ4n) is 1.55. The first-order chi connectivity index (χ1) is 6.11. The Bertz CT molecular complexity index is 288. The fourth-order valence-corrected chi connectivity index (χ4v) is 1.55. The highest BCUT2D eigenvalue weighted by molar-refractivity contribution is 5.81. The highest BCUT2D eigenvalue weighted by atomic mass is 16.4. The van der Waals surface area contributed by atoms with Crippen LogP contribution in [0.15, 0.2) is 11.6 Å². The molecule has 1 aliphatic carbocycles. The summed E-state index contributed by atoms with van der Waals surface area (Å²) < 4.78 is 0. The summed E-state index contributed by atoms with van der Waals surface area (Å²) in [5.41, 5.74) is -0.533. The summed E-state index contributed by atoms with van der Waals surface area (Å²) in [6.45, 7) is 1.48. The van der Waals surface area contributed by atoms with E-state index in [1.165, 1.54) is 6.92 Å². The van der Waals surface area contributed by atoms with E-state index in [9.17, 15) is 4.79 Å². The van der Waals surface area contributed by atoms with Crippen molar-refractivity contribution >= 4 is 5.97 Å². The molecule has 1 aliphatic rings. The molecule has 1 atom stereocenters. The summed E-state index contributed by atoms with van der Waals surface area (Å²) >= 11 is 0. The van der Waals surface area contributed by atoms with Crippen LogP contribution >= 0.6 is 0 Å². The molecule has 0 fully saturated rings. The number of carbonyl (C=O) groups is 1. The number of hydrogen-bond acceptors (Lipinski definition) is 2. The van der Waals surface area contributed by atoms with Gasteiger partial charge in [-0.1, -0.05) is 6.08 Å². The topological polar surface area (TPSA) is 61.1 Å². The van der Waals surface area contributed by atoms with E-state index in [0.717, 1.165) is 31.3 Å². The van der Waals surface area contributed by atoms with Crippen molar-refractivity contribution in [2.24, 2.45) is 5.41 Å². The maximum absolute atomic E-state index is 10.9. The highest BCUT2D eigenvalue weighted by Gasteiger charge is 2.37. The first kappa shape index (κ1) is 9.79. The van der Waals surface area contributed by atoms with E-state index in [2.05, 4.69) is 0 Å². The monoisotopic (exact) mass is 179 g/mol. The Morgan fingerprint density at radius 1 is 1.69 bits per heavy atom. The molecule has 0 aromatic heterocycles. The molecule has 0 spiro atoms. The summed E-state index contributed by atoms with van der Waals surface area (Å²) in [5.74, 6) is -1.04. The summed E-state index contributed by atoms with van der Waals surface area (Å²) in [5, 5.41) is 17.8. The lowest BCUT2D eigenvalue weighted by Crippen LogP contribution is -2.28. The first-order valence-electron chi connectivity index (χ1n) is 4.45. The van der Waals surface area contributed by atoms with E-state index < -0.39 is 11.4 Å². The second-order valence-corrected chi connectivity index (χ2v) is 3.52. The SMILES string of the molecule is C[C@@](C#N)(C(=O)O)C1=CCCCC1. The zero-order valence-electron chi connectivity index (χ0n) is 7.71. The van der Waals surface area contributed by atoms with Crippen molar-refractivity contribution < 1.29 is 9.90 Å². The smallest absolute Gasteiger partial charge is 0.328 e. The Morgan fingerprint density at radius 3 is 2.77 bits per heavy atom. The number of aliphatic carboxylic acids is 1. The molecule has 1 rings (SSSR count). The zero-order chi connectivity index (χ0) is 9.90. The molecule has 0 saturated heterocycles. The molecule has 0 aromatic rings. The largest absolute Gasteiger partial charge is 0.480 e. The molecule has 0 amide bonds. The number of nitrogens with zero attached hydrogens (tertiary/aromatic N) is 1. The van der Waals surface area contributed by atoms with E-state index in [0.29, 0.717) is 0 Å². The molecule has 0 aliphatic heterocycles. The second kappa shape index (κ2) is 3.61. The third-order valence-electron chi connectivity index (χ3n) is 2.58. The molecule has 0 radical (unpaired) electrons. The molecule has 70 valence electrons. The zero-order valence-corrected chi connectivity index (χ0v) is 7.71. The van der Waals surface area contributed by atoms with Crippen molar-refractivity contribution in [1.29, 1.82) is 5.26 Å². The van der Waals surface area contributed by atoms with Gasteiger partial charge >= 0.3 is 5.97 Å². The van der Waals surface area contributed by atoms with E-state index in [4.69, 9.17) is 10.4 Å². The van der Waals surface area contributed by atoms with E-state index >= 15 is 0 Å². The van der Waals surface area contributed by atoms with E-state index in [-0.39, 0.29) is 0 Å². The van der Waals surface area contributed by atoms with Gasteiger partial charge in [0.15, 0.2) is 5.41 Å². The highest BCUT2D eigenvalue weighted by Crippen LogP contribution is 2.33. The van der Waals surface area contributed by atoms with Gasteiger partial charge in [-0.25, -0.2) is 0 Å². The van der Waals surface area contributed by atoms with E-state index in [1.54, 1.807) is 0 Å². The average molecular weight is 179 g/mol. The molecule has 1 N–H and O–H groups in total. The maximum atomic E-state index is 10.9. The van der Waals surface area contributed by atoms with Crippen molar-refractivity contribution in [2.45, 2.75) is 32.6 Å². The molecule has 0 heterocycles. The van der Waals surface area contributed by atoms with Crippen LogP contribution < -0.4 is 0 Å². The average Bonchev–Trinajstić information content (AvgIpc) is 2.17. The third kappa shape index (κ3) is 1.72. The van der Waals surface area contributed by atoms with Gasteiger partial charge in [0.05, 0.1) is 6.07 Å². The normalized spacial score (nSPS) is 21.1. The summed E-state index contributed by atoms with van der Waals surface area (Å²) in [7, 11) is 0. The third-order valence-corrected chi connectivity index (χ3v) is 2.58. The Labute approximate surface area is 77.7 Å². The number of nitriles is 1. The fraction of sp³-hybridized carbons (Fsp3) is 0.600. The minimum atomic E-state index is -1.31. The predicted octanol–water partition coefficient (Wildman–Crippen LogP) is 2.10. The Balaban J connectivity index is 2.95. The van der Waals surface area contributed by atoms with Crippen molar-refractivity contribution in [2.75, 3.05) is 0 Å². The van der Waals surface area contributed by atoms with Crippen molar-refractivity contribution in [1.82, 2.24) is 0 Å². The summed E-state index contributed by atoms with van der Waals surface area (Å²) in [6, 6.07) is 1.88. The van der Waals surface area contributed by atoms with Crippen LogP contribution in [0.2, 0.25) is 0 Å². The lowest BCUT2D eigenvalue weighted by molar-refractivity contribution is -0.143. The lowest BCUT2D eigenvalue weighted by Gasteiger charge is -2.23. The number of rotatable bonds is 2. The number of carboxylic acids is 1. The van der Waals surface area contributed by atoms with Gasteiger partial charge < -0.3 is 5.11 Å². The van der Waals surface area contributed by atoms with Gasteiger partial charge in [0.25, 0.3) is 0 Å². The van der Waals surface area contributed by atoms with Gasteiger partial charge in [0.1, 0.15) is 0 Å². The van der Waals surface area contributed by atoms with Gasteiger partial charge in [0.2, 0.25) is 0 Å². The number of carboxylic acid groups (broad SMARTS) is 1. The van der Waals surface area contributed by atoms with Crippen LogP contribution in [-0.4, -0.2) is 11.1 Å². The first-order valence-corrected chi connectivity index (χ1v) is 4.45. The second-order valence-electron chi connectivity index (χ2n) is 3.52.